The van der Waals surface area contributed by atoms with Crippen LogP contribution in [0.15, 0.2) is 139 Å². The van der Waals surface area contributed by atoms with Crippen molar-refractivity contribution in [3.05, 3.63) is 150 Å². The van der Waals surface area contributed by atoms with E-state index in [9.17, 15) is 13.2 Å². The quantitative estimate of drug-likeness (QED) is 0.218. The Bertz CT molecular complexity index is 1610. The minimum Gasteiger partial charge on any atom is -0.337 e. The van der Waals surface area contributed by atoms with Gasteiger partial charge in [0, 0.05) is 36.2 Å². The van der Waals surface area contributed by atoms with Gasteiger partial charge < -0.3 is 10.2 Å². The van der Waals surface area contributed by atoms with E-state index in [-0.39, 0.29) is 17.3 Å². The van der Waals surface area contributed by atoms with Crippen LogP contribution >= 0.6 is 0 Å². The number of para-hydroxylation sites is 2. The summed E-state index contributed by atoms with van der Waals surface area (Å²) < 4.78 is 28.6. The van der Waals surface area contributed by atoms with Gasteiger partial charge in [0.15, 0.2) is 0 Å². The molecule has 0 spiro atoms. The maximum Gasteiger partial charge on any atom is 0.255 e. The standard InChI is InChI=1S/C32H28N4O3S/c37-32(35-28-8-7-21-33-23-28)27-17-13-25(14-18-27)22-34-40(38,39)31-19-15-26(16-20-31)24-36(29-9-3-1-4-10-29)30-11-5-2-6-12-30/h1-21,23,34H,22,24H2,(H,35,37). The molecule has 0 saturated heterocycles. The first kappa shape index (κ1) is 26.8. The monoisotopic (exact) mass is 548 g/mol. The SMILES string of the molecule is O=C(Nc1cccnc1)c1ccc(CNS(=O)(=O)c2ccc(CN(c3ccccc3)c3ccccc3)cc2)cc1. The summed E-state index contributed by atoms with van der Waals surface area (Å²) in [7, 11) is -3.73. The molecule has 2 N–H and O–H groups in total. The number of nitrogens with zero attached hydrogens (tertiary/aromatic N) is 2. The molecule has 40 heavy (non-hydrogen) atoms. The molecule has 1 amide bonds. The molecule has 0 unspecified atom stereocenters. The maximum atomic E-state index is 13.0. The van der Waals surface area contributed by atoms with Crippen molar-refractivity contribution in [1.82, 2.24) is 9.71 Å². The van der Waals surface area contributed by atoms with Crippen LogP contribution in [0.25, 0.3) is 0 Å². The van der Waals surface area contributed by atoms with Crippen LogP contribution in [0.5, 0.6) is 0 Å². The Kier molecular flexibility index (Phi) is 8.29. The van der Waals surface area contributed by atoms with Gasteiger partial charge >= 0.3 is 0 Å². The number of sulfonamides is 1. The molecule has 0 radical (unpaired) electrons. The van der Waals surface area contributed by atoms with Crippen molar-refractivity contribution < 1.29 is 13.2 Å². The summed E-state index contributed by atoms with van der Waals surface area (Å²) in [5, 5.41) is 2.77. The largest absolute Gasteiger partial charge is 0.337 e. The summed E-state index contributed by atoms with van der Waals surface area (Å²) >= 11 is 0. The average Bonchev–Trinajstić information content (AvgIpc) is 3.01. The first-order valence-electron chi connectivity index (χ1n) is 12.7. The van der Waals surface area contributed by atoms with E-state index < -0.39 is 10.0 Å². The zero-order chi connectivity index (χ0) is 27.8. The summed E-state index contributed by atoms with van der Waals surface area (Å²) in [6.07, 6.45) is 3.20. The van der Waals surface area contributed by atoms with Crippen LogP contribution in [0.2, 0.25) is 0 Å². The molecule has 8 heteroatoms. The molecule has 5 aromatic rings. The van der Waals surface area contributed by atoms with Gasteiger partial charge in [-0.2, -0.15) is 0 Å². The Morgan fingerprint density at radius 3 is 1.88 bits per heavy atom. The van der Waals surface area contributed by atoms with E-state index in [0.29, 0.717) is 17.8 Å². The van der Waals surface area contributed by atoms with E-state index in [1.165, 1.54) is 0 Å². The van der Waals surface area contributed by atoms with Crippen molar-refractivity contribution in [1.29, 1.82) is 0 Å². The molecule has 7 nitrogen and oxygen atoms in total. The van der Waals surface area contributed by atoms with Crippen LogP contribution in [-0.4, -0.2) is 19.3 Å². The fourth-order valence-electron chi connectivity index (χ4n) is 4.18. The number of rotatable bonds is 10. The third kappa shape index (κ3) is 6.79. The number of benzene rings is 4. The van der Waals surface area contributed by atoms with Crippen LogP contribution in [0.1, 0.15) is 21.5 Å². The molecule has 0 saturated carbocycles. The van der Waals surface area contributed by atoms with Gasteiger partial charge in [0.2, 0.25) is 10.0 Å². The summed E-state index contributed by atoms with van der Waals surface area (Å²) in [4.78, 5) is 18.8. The van der Waals surface area contributed by atoms with Crippen LogP contribution in [-0.2, 0) is 23.1 Å². The molecule has 1 heterocycles. The minimum absolute atomic E-state index is 0.102. The van der Waals surface area contributed by atoms with Gasteiger partial charge in [0.1, 0.15) is 0 Å². The Labute approximate surface area is 234 Å². The molecule has 0 atom stereocenters. The smallest absolute Gasteiger partial charge is 0.255 e. The lowest BCUT2D eigenvalue weighted by atomic mass is 10.1. The van der Waals surface area contributed by atoms with Gasteiger partial charge in [-0.25, -0.2) is 13.1 Å². The summed E-state index contributed by atoms with van der Waals surface area (Å²) in [5.41, 5.74) is 4.88. The number of pyridine rings is 1. The second kappa shape index (κ2) is 12.4. The molecule has 4 aromatic carbocycles. The average molecular weight is 549 g/mol. The second-order valence-electron chi connectivity index (χ2n) is 9.12. The predicted molar refractivity (Wildman–Crippen MR) is 158 cm³/mol. The summed E-state index contributed by atoms with van der Waals surface area (Å²) in [6.45, 7) is 0.687. The number of amides is 1. The number of carbonyl (C=O) groups excluding carboxylic acids is 1. The summed E-state index contributed by atoms with van der Waals surface area (Å²) in [6, 6.07) is 37.3. The lowest BCUT2D eigenvalue weighted by molar-refractivity contribution is 0.102. The molecule has 1 aromatic heterocycles. The zero-order valence-electron chi connectivity index (χ0n) is 21.6. The van der Waals surface area contributed by atoms with E-state index in [1.54, 1.807) is 60.9 Å². The molecule has 0 aliphatic carbocycles. The Balaban J connectivity index is 1.22. The Morgan fingerprint density at radius 1 is 0.700 bits per heavy atom. The number of hydrogen-bond acceptors (Lipinski definition) is 5. The third-order valence-electron chi connectivity index (χ3n) is 6.31. The normalized spacial score (nSPS) is 11.1. The zero-order valence-corrected chi connectivity index (χ0v) is 22.5. The van der Waals surface area contributed by atoms with E-state index >= 15 is 0 Å². The van der Waals surface area contributed by atoms with E-state index in [1.807, 2.05) is 48.5 Å². The van der Waals surface area contributed by atoms with Gasteiger partial charge in [-0.05, 0) is 71.8 Å². The van der Waals surface area contributed by atoms with Crippen LogP contribution in [0, 0.1) is 0 Å². The highest BCUT2D eigenvalue weighted by atomic mass is 32.2. The van der Waals surface area contributed by atoms with Crippen LogP contribution < -0.4 is 14.9 Å². The minimum atomic E-state index is -3.73. The Morgan fingerprint density at radius 2 is 1.30 bits per heavy atom. The van der Waals surface area contributed by atoms with E-state index in [4.69, 9.17) is 0 Å². The lowest BCUT2D eigenvalue weighted by Crippen LogP contribution is -2.23. The van der Waals surface area contributed by atoms with Crippen molar-refractivity contribution >= 4 is 33.0 Å². The third-order valence-corrected chi connectivity index (χ3v) is 7.73. The summed E-state index contributed by atoms with van der Waals surface area (Å²) in [5.74, 6) is -0.265. The van der Waals surface area contributed by atoms with E-state index in [2.05, 4.69) is 44.2 Å². The molecule has 0 bridgehead atoms. The van der Waals surface area contributed by atoms with Crippen LogP contribution in [0.4, 0.5) is 17.1 Å². The molecule has 0 fully saturated rings. The molecular weight excluding hydrogens is 520 g/mol. The van der Waals surface area contributed by atoms with Gasteiger partial charge in [-0.15, -0.1) is 0 Å². The molecule has 5 rings (SSSR count). The highest BCUT2D eigenvalue weighted by Gasteiger charge is 2.15. The fraction of sp³-hybridized carbons (Fsp3) is 0.0625. The fourth-order valence-corrected chi connectivity index (χ4v) is 5.20. The number of carbonyl (C=O) groups is 1. The predicted octanol–water partition coefficient (Wildman–Crippen LogP) is 6.15. The molecule has 0 aliphatic heterocycles. The van der Waals surface area contributed by atoms with Gasteiger partial charge in [-0.1, -0.05) is 60.7 Å². The van der Waals surface area contributed by atoms with Gasteiger partial charge in [0.25, 0.3) is 5.91 Å². The van der Waals surface area contributed by atoms with Crippen molar-refractivity contribution in [2.24, 2.45) is 0 Å². The van der Waals surface area contributed by atoms with Crippen LogP contribution in [0.3, 0.4) is 0 Å². The number of anilines is 3. The molecular formula is C32H28N4O3S. The lowest BCUT2D eigenvalue weighted by Gasteiger charge is -2.25. The first-order valence-corrected chi connectivity index (χ1v) is 14.2. The topological polar surface area (TPSA) is 91.4 Å². The molecule has 200 valence electrons. The number of hydrogen-bond donors (Lipinski definition) is 2. The van der Waals surface area contributed by atoms with Gasteiger partial charge in [-0.3, -0.25) is 9.78 Å². The molecule has 0 aliphatic rings. The number of aromatic nitrogens is 1. The van der Waals surface area contributed by atoms with Crippen molar-refractivity contribution in [2.45, 2.75) is 18.0 Å². The van der Waals surface area contributed by atoms with Crippen molar-refractivity contribution in [3.8, 4) is 0 Å². The van der Waals surface area contributed by atoms with Crippen molar-refractivity contribution in [3.63, 3.8) is 0 Å². The van der Waals surface area contributed by atoms with Crippen molar-refractivity contribution in [2.75, 3.05) is 10.2 Å². The Hall–Kier alpha value is -4.79. The second-order valence-corrected chi connectivity index (χ2v) is 10.9. The van der Waals surface area contributed by atoms with E-state index in [0.717, 1.165) is 22.5 Å². The maximum absolute atomic E-state index is 13.0. The highest BCUT2D eigenvalue weighted by molar-refractivity contribution is 7.89. The highest BCUT2D eigenvalue weighted by Crippen LogP contribution is 2.27. The van der Waals surface area contributed by atoms with Gasteiger partial charge in [0.05, 0.1) is 16.8 Å². The number of nitrogens with one attached hydrogen (secondary N) is 2. The first-order chi connectivity index (χ1) is 19.5.